The maximum Gasteiger partial charge on any atom is 0.255 e. The number of aliphatic imine (C=N–C) groups is 1. The third kappa shape index (κ3) is 7.74. The molecule has 5 rings (SSSR count). The average molecular weight is 677 g/mol. The van der Waals surface area contributed by atoms with Crippen molar-refractivity contribution in [2.45, 2.75) is 12.5 Å². The van der Waals surface area contributed by atoms with E-state index in [0.717, 1.165) is 27.2 Å². The Morgan fingerprint density at radius 2 is 1.64 bits per heavy atom. The van der Waals surface area contributed by atoms with Crippen LogP contribution >= 0.6 is 28.3 Å². The summed E-state index contributed by atoms with van der Waals surface area (Å²) in [7, 11) is 0. The van der Waals surface area contributed by atoms with Gasteiger partial charge in [0, 0.05) is 40.1 Å². The molecule has 10 nitrogen and oxygen atoms in total. The Hall–Kier alpha value is -4.87. The van der Waals surface area contributed by atoms with Gasteiger partial charge in [-0.1, -0.05) is 64.5 Å². The first kappa shape index (κ1) is 32.1. The molecule has 0 saturated heterocycles. The highest BCUT2D eigenvalue weighted by molar-refractivity contribution is 9.10. The Balaban J connectivity index is 0.00000442. The van der Waals surface area contributed by atoms with Crippen molar-refractivity contribution >= 4 is 79.4 Å². The molecule has 12 heteroatoms. The minimum absolute atomic E-state index is 0. The van der Waals surface area contributed by atoms with Crippen molar-refractivity contribution in [1.29, 1.82) is 0 Å². The van der Waals surface area contributed by atoms with Gasteiger partial charge in [-0.3, -0.25) is 19.4 Å². The van der Waals surface area contributed by atoms with Crippen LogP contribution in [0.25, 0.3) is 21.7 Å². The van der Waals surface area contributed by atoms with Gasteiger partial charge in [0.2, 0.25) is 5.91 Å². The fourth-order valence-corrected chi connectivity index (χ4v) is 5.15. The summed E-state index contributed by atoms with van der Waals surface area (Å²) in [5.41, 5.74) is 13.5. The summed E-state index contributed by atoms with van der Waals surface area (Å²) in [6, 6.07) is 24.9. The number of rotatable bonds is 10. The van der Waals surface area contributed by atoms with Crippen LogP contribution in [0.5, 0.6) is 0 Å². The largest absolute Gasteiger partial charge is 0.370 e. The Kier molecular flexibility index (Phi) is 10.6. The number of carbonyl (C=O) groups is 3. The maximum atomic E-state index is 13.7. The first-order valence-corrected chi connectivity index (χ1v) is 14.4. The number of halogens is 2. The van der Waals surface area contributed by atoms with Crippen LogP contribution in [0.1, 0.15) is 26.3 Å². The molecule has 0 spiro atoms. The van der Waals surface area contributed by atoms with E-state index in [1.54, 1.807) is 30.3 Å². The Bertz CT molecular complexity index is 1850. The topological polar surface area (TPSA) is 167 Å². The molecule has 0 unspecified atom stereocenters. The first-order valence-electron chi connectivity index (χ1n) is 13.6. The lowest BCUT2D eigenvalue weighted by Crippen LogP contribution is -2.48. The molecular weight excluding hydrogens is 646 g/mol. The van der Waals surface area contributed by atoms with Gasteiger partial charge in [0.15, 0.2) is 5.96 Å². The van der Waals surface area contributed by atoms with Crippen LogP contribution in [0.3, 0.4) is 0 Å². The molecule has 4 aromatic carbocycles. The lowest BCUT2D eigenvalue weighted by Gasteiger charge is -2.20. The normalized spacial score (nSPS) is 11.3. The van der Waals surface area contributed by atoms with E-state index in [-0.39, 0.29) is 49.3 Å². The van der Waals surface area contributed by atoms with Crippen LogP contribution in [0.2, 0.25) is 0 Å². The average Bonchev–Trinajstić information content (AvgIpc) is 3.42. The van der Waals surface area contributed by atoms with Gasteiger partial charge >= 0.3 is 0 Å². The number of H-pyrrole nitrogens is 1. The van der Waals surface area contributed by atoms with Crippen LogP contribution < -0.4 is 27.4 Å². The lowest BCUT2D eigenvalue weighted by molar-refractivity contribution is -0.122. The molecule has 8 N–H and O–H groups in total. The lowest BCUT2D eigenvalue weighted by atomic mass is 10.0. The smallest absolute Gasteiger partial charge is 0.255 e. The van der Waals surface area contributed by atoms with Gasteiger partial charge in [0.25, 0.3) is 11.8 Å². The molecule has 226 valence electrons. The van der Waals surface area contributed by atoms with Crippen molar-refractivity contribution in [3.63, 3.8) is 0 Å². The maximum absolute atomic E-state index is 13.7. The molecule has 0 aliphatic carbocycles. The second-order valence-corrected chi connectivity index (χ2v) is 10.8. The van der Waals surface area contributed by atoms with Crippen LogP contribution in [0.4, 0.5) is 5.69 Å². The highest BCUT2D eigenvalue weighted by atomic mass is 79.9. The Morgan fingerprint density at radius 1 is 0.886 bits per heavy atom. The minimum Gasteiger partial charge on any atom is -0.370 e. The van der Waals surface area contributed by atoms with Gasteiger partial charge in [-0.15, -0.1) is 12.4 Å². The number of fused-ring (bicyclic) bond motifs is 2. The zero-order chi connectivity index (χ0) is 30.3. The number of para-hydroxylation sites is 1. The van der Waals surface area contributed by atoms with Crippen LogP contribution in [-0.4, -0.2) is 47.8 Å². The van der Waals surface area contributed by atoms with Gasteiger partial charge < -0.3 is 32.4 Å². The monoisotopic (exact) mass is 675 g/mol. The second-order valence-electron chi connectivity index (χ2n) is 9.89. The summed E-state index contributed by atoms with van der Waals surface area (Å²) >= 11 is 3.42. The van der Waals surface area contributed by atoms with E-state index >= 15 is 0 Å². The van der Waals surface area contributed by atoms with Gasteiger partial charge in [-0.25, -0.2) is 0 Å². The number of nitrogens with two attached hydrogens (primary N) is 2. The summed E-state index contributed by atoms with van der Waals surface area (Å²) in [6.07, 6.45) is 2.04. The fourth-order valence-electron chi connectivity index (χ4n) is 4.79. The molecule has 0 aliphatic rings. The van der Waals surface area contributed by atoms with Crippen LogP contribution in [0, 0.1) is 0 Å². The van der Waals surface area contributed by atoms with Crippen molar-refractivity contribution in [2.75, 3.05) is 18.4 Å². The molecular formula is C32H31BrClN7O3. The molecule has 1 heterocycles. The molecule has 1 aromatic heterocycles. The summed E-state index contributed by atoms with van der Waals surface area (Å²) in [4.78, 5) is 47.3. The summed E-state index contributed by atoms with van der Waals surface area (Å²) in [5.74, 6) is -1.37. The predicted octanol–water partition coefficient (Wildman–Crippen LogP) is 4.49. The van der Waals surface area contributed by atoms with E-state index in [1.807, 2.05) is 60.8 Å². The number of nitrogens with zero attached hydrogens (tertiary/aromatic N) is 1. The van der Waals surface area contributed by atoms with Crippen molar-refractivity contribution < 1.29 is 14.4 Å². The van der Waals surface area contributed by atoms with Gasteiger partial charge in [0.05, 0.1) is 17.8 Å². The Labute approximate surface area is 268 Å². The van der Waals surface area contributed by atoms with E-state index in [1.165, 1.54) is 0 Å². The molecule has 0 fully saturated rings. The number of hydrogen-bond donors (Lipinski definition) is 6. The number of hydrogen-bond acceptors (Lipinski definition) is 4. The third-order valence-electron chi connectivity index (χ3n) is 6.91. The Morgan fingerprint density at radius 3 is 2.43 bits per heavy atom. The van der Waals surface area contributed by atoms with E-state index in [0.29, 0.717) is 15.7 Å². The predicted molar refractivity (Wildman–Crippen MR) is 180 cm³/mol. The number of aromatic nitrogens is 1. The summed E-state index contributed by atoms with van der Waals surface area (Å²) in [5, 5.41) is 11.4. The molecule has 0 radical (unpaired) electrons. The SMILES string of the molecule is Cl.NC(N)=NCCNC(=O)[C@H](Cc1c[nH]c2ccccc12)NC(=O)c1cc(Br)ccc1NC(=O)c1ccc2ccccc2c1. The molecule has 0 bridgehead atoms. The van der Waals surface area contributed by atoms with E-state index < -0.39 is 17.9 Å². The number of amides is 3. The molecule has 0 aliphatic heterocycles. The van der Waals surface area contributed by atoms with Crippen LogP contribution in [-0.2, 0) is 11.2 Å². The zero-order valence-electron chi connectivity index (χ0n) is 23.5. The summed E-state index contributed by atoms with van der Waals surface area (Å²) in [6.45, 7) is 0.374. The van der Waals surface area contributed by atoms with E-state index in [2.05, 4.69) is 41.9 Å². The van der Waals surface area contributed by atoms with Gasteiger partial charge in [0.1, 0.15) is 6.04 Å². The van der Waals surface area contributed by atoms with Gasteiger partial charge in [-0.2, -0.15) is 0 Å². The fraction of sp³-hybridized carbons (Fsp3) is 0.125. The number of carbonyl (C=O) groups excluding carboxylic acids is 3. The van der Waals surface area contributed by atoms with Crippen molar-refractivity contribution in [3.8, 4) is 0 Å². The van der Waals surface area contributed by atoms with Gasteiger partial charge in [-0.05, 0) is 52.7 Å². The van der Waals surface area contributed by atoms with Crippen molar-refractivity contribution in [3.05, 3.63) is 112 Å². The number of benzene rings is 4. The molecule has 3 amide bonds. The van der Waals surface area contributed by atoms with Crippen molar-refractivity contribution in [2.24, 2.45) is 16.5 Å². The first-order chi connectivity index (χ1) is 20.8. The van der Waals surface area contributed by atoms with Crippen molar-refractivity contribution in [1.82, 2.24) is 15.6 Å². The molecule has 44 heavy (non-hydrogen) atoms. The number of nitrogens with one attached hydrogen (secondary N) is 4. The van der Waals surface area contributed by atoms with Crippen LogP contribution in [0.15, 0.2) is 101 Å². The highest BCUT2D eigenvalue weighted by Crippen LogP contribution is 2.24. The third-order valence-corrected chi connectivity index (χ3v) is 7.41. The number of aromatic amines is 1. The zero-order valence-corrected chi connectivity index (χ0v) is 25.9. The number of guanidine groups is 1. The highest BCUT2D eigenvalue weighted by Gasteiger charge is 2.25. The van der Waals surface area contributed by atoms with E-state index in [4.69, 9.17) is 11.5 Å². The summed E-state index contributed by atoms with van der Waals surface area (Å²) < 4.78 is 0.635. The quantitative estimate of drug-likeness (QED) is 0.0727. The molecule has 0 saturated carbocycles. The number of anilines is 1. The standard InChI is InChI=1S/C32H30BrN7O3.ClH/c33-23-11-12-27(39-29(41)21-10-9-19-5-1-2-6-20(19)15-21)25(17-23)30(42)40-28(31(43)36-13-14-37-32(34)35)16-22-18-38-26-8-4-3-7-24(22)26;/h1-12,15,17-18,28,38H,13-14,16H2,(H,36,43)(H,39,41)(H,40,42)(H4,34,35,37);1H/t28-;/m0./s1. The van der Waals surface area contributed by atoms with E-state index in [9.17, 15) is 14.4 Å². The second kappa shape index (κ2) is 14.5. The minimum atomic E-state index is -0.936. The molecule has 1 atom stereocenters. The molecule has 5 aromatic rings.